The number of carbonyl (C=O) groups excluding carboxylic acids is 1. The molecule has 166 valence electrons. The van der Waals surface area contributed by atoms with Gasteiger partial charge in [0.1, 0.15) is 11.5 Å². The minimum absolute atomic E-state index is 0.208. The third-order valence-electron chi connectivity index (χ3n) is 6.13. The third-order valence-corrected chi connectivity index (χ3v) is 6.13. The summed E-state index contributed by atoms with van der Waals surface area (Å²) in [6, 6.07) is 6.46. The Morgan fingerprint density at radius 2 is 1.91 bits per heavy atom. The van der Waals surface area contributed by atoms with Gasteiger partial charge in [-0.1, -0.05) is 23.4 Å². The molecule has 0 unspecified atom stereocenters. The number of benzene rings is 1. The first kappa shape index (κ1) is 20.2. The van der Waals surface area contributed by atoms with Gasteiger partial charge in [0.05, 0.1) is 18.8 Å². The second kappa shape index (κ2) is 8.06. The molecule has 10 nitrogen and oxygen atoms in total. The van der Waals surface area contributed by atoms with Crippen molar-refractivity contribution in [2.75, 3.05) is 19.6 Å². The van der Waals surface area contributed by atoms with E-state index in [1.165, 1.54) is 11.0 Å². The van der Waals surface area contributed by atoms with Crippen LogP contribution in [0.3, 0.4) is 0 Å². The molecule has 0 radical (unpaired) electrons. The summed E-state index contributed by atoms with van der Waals surface area (Å²) in [6.45, 7) is 1.75. The fourth-order valence-corrected chi connectivity index (χ4v) is 4.38. The number of aromatic amines is 1. The molecule has 0 saturated carbocycles. The summed E-state index contributed by atoms with van der Waals surface area (Å²) in [5, 5.41) is 24.7. The Hall–Kier alpha value is -3.76. The average molecular weight is 439 g/mol. The van der Waals surface area contributed by atoms with Crippen molar-refractivity contribution < 1.29 is 19.1 Å². The van der Waals surface area contributed by atoms with E-state index in [9.17, 15) is 19.1 Å². The second-order valence-corrected chi connectivity index (χ2v) is 8.00. The molecule has 11 heteroatoms. The van der Waals surface area contributed by atoms with Crippen LogP contribution in [0.4, 0.5) is 9.18 Å². The van der Waals surface area contributed by atoms with E-state index >= 15 is 0 Å². The number of rotatable bonds is 3. The van der Waals surface area contributed by atoms with E-state index in [1.807, 2.05) is 0 Å². The minimum atomic E-state index is -0.987. The molecule has 4 heterocycles. The van der Waals surface area contributed by atoms with E-state index in [4.69, 9.17) is 0 Å². The van der Waals surface area contributed by atoms with Crippen LogP contribution in [0.2, 0.25) is 0 Å². The summed E-state index contributed by atoms with van der Waals surface area (Å²) in [5.74, 6) is -0.586. The average Bonchev–Trinajstić information content (AvgIpc) is 3.32. The number of nitrogens with one attached hydrogen (secondary N) is 1. The van der Waals surface area contributed by atoms with Crippen LogP contribution in [-0.4, -0.2) is 71.7 Å². The molecule has 32 heavy (non-hydrogen) atoms. The zero-order valence-electron chi connectivity index (χ0n) is 17.3. The maximum Gasteiger partial charge on any atom is 0.407 e. The van der Waals surface area contributed by atoms with Crippen molar-refractivity contribution in [3.8, 4) is 0 Å². The van der Waals surface area contributed by atoms with Crippen LogP contribution in [-0.2, 0) is 32.4 Å². The third kappa shape index (κ3) is 3.59. The normalized spacial score (nSPS) is 15.8. The van der Waals surface area contributed by atoms with Gasteiger partial charge in [-0.3, -0.25) is 14.6 Å². The standard InChI is InChI=1S/C21H22FN7O3/c22-15-4-2-1-3-13(15)11-14-18-6-8-27(21(31)32)9-10-29(18)25-19(14)20(30)28-7-5-16-17(12-28)24-26-23-16/h1-4H,5-12H2,(H,31,32)(H,23,24,26). The predicted molar refractivity (Wildman–Crippen MR) is 110 cm³/mol. The Kier molecular flexibility index (Phi) is 5.08. The monoisotopic (exact) mass is 439 g/mol. The Bertz CT molecular complexity index is 1190. The summed E-state index contributed by atoms with van der Waals surface area (Å²) >= 11 is 0. The van der Waals surface area contributed by atoms with Crippen molar-refractivity contribution in [3.05, 3.63) is 64.0 Å². The molecular weight excluding hydrogens is 417 g/mol. The number of halogens is 1. The van der Waals surface area contributed by atoms with Gasteiger partial charge in [0.2, 0.25) is 0 Å². The Labute approximate surface area is 182 Å². The minimum Gasteiger partial charge on any atom is -0.465 e. The highest BCUT2D eigenvalue weighted by atomic mass is 19.1. The number of fused-ring (bicyclic) bond motifs is 2. The maximum atomic E-state index is 14.5. The van der Waals surface area contributed by atoms with E-state index in [-0.39, 0.29) is 24.7 Å². The lowest BCUT2D eigenvalue weighted by Gasteiger charge is -2.25. The number of aromatic nitrogens is 5. The number of hydrogen-bond acceptors (Lipinski definition) is 5. The molecule has 2 aliphatic rings. The van der Waals surface area contributed by atoms with E-state index in [0.717, 1.165) is 17.1 Å². The lowest BCUT2D eigenvalue weighted by molar-refractivity contribution is 0.0723. The highest BCUT2D eigenvalue weighted by Gasteiger charge is 2.31. The van der Waals surface area contributed by atoms with E-state index in [1.54, 1.807) is 27.8 Å². The Morgan fingerprint density at radius 1 is 1.09 bits per heavy atom. The van der Waals surface area contributed by atoms with Crippen LogP contribution in [0.5, 0.6) is 0 Å². The molecule has 0 atom stereocenters. The van der Waals surface area contributed by atoms with Crippen molar-refractivity contribution in [1.82, 2.24) is 35.0 Å². The molecule has 2 N–H and O–H groups in total. The van der Waals surface area contributed by atoms with Crippen LogP contribution in [0.25, 0.3) is 0 Å². The molecule has 0 saturated heterocycles. The van der Waals surface area contributed by atoms with Crippen molar-refractivity contribution in [2.45, 2.75) is 32.4 Å². The van der Waals surface area contributed by atoms with Crippen molar-refractivity contribution >= 4 is 12.0 Å². The zero-order chi connectivity index (χ0) is 22.2. The van der Waals surface area contributed by atoms with Gasteiger partial charge in [0.15, 0.2) is 5.69 Å². The molecule has 1 aromatic carbocycles. The fourth-order valence-electron chi connectivity index (χ4n) is 4.38. The molecule has 0 aliphatic carbocycles. The second-order valence-electron chi connectivity index (χ2n) is 8.00. The van der Waals surface area contributed by atoms with Crippen molar-refractivity contribution in [3.63, 3.8) is 0 Å². The number of nitrogens with zero attached hydrogens (tertiary/aromatic N) is 6. The van der Waals surface area contributed by atoms with Crippen LogP contribution in [0.15, 0.2) is 24.3 Å². The van der Waals surface area contributed by atoms with Gasteiger partial charge in [-0.15, -0.1) is 5.10 Å². The molecular formula is C21H22FN7O3. The highest BCUT2D eigenvalue weighted by molar-refractivity contribution is 5.94. The topological polar surface area (TPSA) is 120 Å². The van der Waals surface area contributed by atoms with Gasteiger partial charge >= 0.3 is 6.09 Å². The number of carboxylic acid groups (broad SMARTS) is 1. The molecule has 5 rings (SSSR count). The largest absolute Gasteiger partial charge is 0.465 e. The van der Waals surface area contributed by atoms with Gasteiger partial charge in [-0.25, -0.2) is 9.18 Å². The highest BCUT2D eigenvalue weighted by Crippen LogP contribution is 2.26. The van der Waals surface area contributed by atoms with Crippen molar-refractivity contribution in [1.29, 1.82) is 0 Å². The van der Waals surface area contributed by atoms with Crippen LogP contribution in [0, 0.1) is 5.82 Å². The van der Waals surface area contributed by atoms with E-state index < -0.39 is 6.09 Å². The number of hydrogen-bond donors (Lipinski definition) is 2. The van der Waals surface area contributed by atoms with E-state index in [0.29, 0.717) is 55.8 Å². The SMILES string of the molecule is O=C(O)N1CCc2c(Cc3ccccc3F)c(C(=O)N3CCc4[nH]nnc4C3)nn2CC1. The summed E-state index contributed by atoms with van der Waals surface area (Å²) < 4.78 is 16.2. The number of H-pyrrole nitrogens is 1. The molecule has 0 bridgehead atoms. The molecule has 3 aromatic rings. The van der Waals surface area contributed by atoms with Gasteiger partial charge < -0.3 is 14.9 Å². The molecule has 2 amide bonds. The maximum absolute atomic E-state index is 14.5. The van der Waals surface area contributed by atoms with Gasteiger partial charge in [-0.2, -0.15) is 5.10 Å². The quantitative estimate of drug-likeness (QED) is 0.638. The summed E-state index contributed by atoms with van der Waals surface area (Å²) in [4.78, 5) is 27.9. The first-order valence-electron chi connectivity index (χ1n) is 10.5. The van der Waals surface area contributed by atoms with Gasteiger partial charge in [0, 0.05) is 50.2 Å². The Morgan fingerprint density at radius 3 is 2.72 bits per heavy atom. The summed E-state index contributed by atoms with van der Waals surface area (Å²) in [5.41, 5.74) is 3.85. The predicted octanol–water partition coefficient (Wildman–Crippen LogP) is 1.47. The van der Waals surface area contributed by atoms with Crippen LogP contribution in [0.1, 0.15) is 38.7 Å². The molecule has 2 aliphatic heterocycles. The zero-order valence-corrected chi connectivity index (χ0v) is 17.3. The van der Waals surface area contributed by atoms with Gasteiger partial charge in [0.25, 0.3) is 5.91 Å². The lowest BCUT2D eigenvalue weighted by Crippen LogP contribution is -2.37. The van der Waals surface area contributed by atoms with Crippen molar-refractivity contribution in [2.24, 2.45) is 0 Å². The summed E-state index contributed by atoms with van der Waals surface area (Å²) in [6.07, 6.45) is 0.250. The lowest BCUT2D eigenvalue weighted by atomic mass is 9.99. The molecule has 0 spiro atoms. The van der Waals surface area contributed by atoms with Crippen LogP contribution >= 0.6 is 0 Å². The molecule has 2 aromatic heterocycles. The Balaban J connectivity index is 1.51. The van der Waals surface area contributed by atoms with Gasteiger partial charge in [-0.05, 0) is 11.6 Å². The number of amides is 2. The number of carbonyl (C=O) groups is 2. The smallest absolute Gasteiger partial charge is 0.407 e. The summed E-state index contributed by atoms with van der Waals surface area (Å²) in [7, 11) is 0. The first-order chi connectivity index (χ1) is 15.5. The first-order valence-corrected chi connectivity index (χ1v) is 10.5. The van der Waals surface area contributed by atoms with Crippen LogP contribution < -0.4 is 0 Å². The fraction of sp³-hybridized carbons (Fsp3) is 0.381. The van der Waals surface area contributed by atoms with E-state index in [2.05, 4.69) is 20.5 Å². The molecule has 0 fully saturated rings.